The average molecular weight is 459 g/mol. The van der Waals surface area contributed by atoms with Crippen molar-refractivity contribution in [2.24, 2.45) is 29.6 Å². The molecule has 174 valence electrons. The van der Waals surface area contributed by atoms with Gasteiger partial charge in [-0.3, -0.25) is 19.2 Å². The van der Waals surface area contributed by atoms with Gasteiger partial charge in [0.05, 0.1) is 23.4 Å². The lowest BCUT2D eigenvalue weighted by Gasteiger charge is -2.20. The Balaban J connectivity index is 1.16. The molecule has 0 spiro atoms. The fourth-order valence-electron chi connectivity index (χ4n) is 6.51. The first-order chi connectivity index (χ1) is 16.4. The van der Waals surface area contributed by atoms with Crippen LogP contribution in [0, 0.1) is 36.5 Å². The first kappa shape index (κ1) is 21.1. The Bertz CT molecular complexity index is 1180. The number of para-hydroxylation sites is 1. The van der Waals surface area contributed by atoms with Crippen LogP contribution in [0.5, 0.6) is 5.75 Å². The molecule has 2 heterocycles. The second-order valence-corrected chi connectivity index (χ2v) is 10.0. The second-order valence-electron chi connectivity index (χ2n) is 10.0. The first-order valence-electron chi connectivity index (χ1n) is 12.0. The summed E-state index contributed by atoms with van der Waals surface area (Å²) in [6, 6.07) is 14.3. The maximum Gasteiger partial charge on any atom is 0.316 e. The molecule has 2 saturated carbocycles. The molecule has 0 unspecified atom stereocenters. The topological polar surface area (TPSA) is 84.0 Å². The average Bonchev–Trinajstić information content (AvgIpc) is 3.59. The summed E-state index contributed by atoms with van der Waals surface area (Å²) >= 11 is 0. The van der Waals surface area contributed by atoms with E-state index >= 15 is 0 Å². The predicted octanol–water partition coefficient (Wildman–Crippen LogP) is 3.49. The summed E-state index contributed by atoms with van der Waals surface area (Å²) < 4.78 is 5.60. The highest BCUT2D eigenvalue weighted by molar-refractivity contribution is 6.23. The van der Waals surface area contributed by atoms with Crippen LogP contribution < -0.4 is 14.5 Å². The van der Waals surface area contributed by atoms with Crippen molar-refractivity contribution in [2.75, 3.05) is 16.3 Å². The van der Waals surface area contributed by atoms with Crippen molar-refractivity contribution in [3.05, 3.63) is 54.1 Å². The number of fused-ring (bicyclic) bond motifs is 5. The SMILES string of the molecule is Cc1cc(OC(=O)[C@H]2CC(=O)N(c3ccccc3)C2)ccc1N1C(=O)[C@@H]2[C@H]3CC[C@@H](C3)[C@@H]2C1=O. The van der Waals surface area contributed by atoms with Crippen molar-refractivity contribution in [3.63, 3.8) is 0 Å². The molecular formula is C27H26N2O5. The van der Waals surface area contributed by atoms with Crippen LogP contribution in [0.3, 0.4) is 0 Å². The lowest BCUT2D eigenvalue weighted by Crippen LogP contribution is -2.33. The number of rotatable bonds is 4. The number of ether oxygens (including phenoxy) is 1. The van der Waals surface area contributed by atoms with Gasteiger partial charge in [-0.1, -0.05) is 18.2 Å². The number of benzene rings is 2. The van der Waals surface area contributed by atoms with Gasteiger partial charge < -0.3 is 9.64 Å². The maximum absolute atomic E-state index is 13.1. The van der Waals surface area contributed by atoms with Gasteiger partial charge in [-0.2, -0.15) is 0 Å². The Kier molecular flexibility index (Phi) is 4.83. The van der Waals surface area contributed by atoms with Crippen LogP contribution in [0.15, 0.2) is 48.5 Å². The fraction of sp³-hybridized carbons (Fsp3) is 0.407. The van der Waals surface area contributed by atoms with Gasteiger partial charge in [0, 0.05) is 18.7 Å². The van der Waals surface area contributed by atoms with E-state index in [1.54, 1.807) is 23.1 Å². The Hall–Kier alpha value is -3.48. The molecule has 0 radical (unpaired) electrons. The summed E-state index contributed by atoms with van der Waals surface area (Å²) in [4.78, 5) is 54.5. The van der Waals surface area contributed by atoms with E-state index in [1.165, 1.54) is 4.90 Å². The standard InChI is InChI=1S/C27H26N2O5/c1-15-11-20(34-27(33)18-13-22(30)28(14-18)19-5-3-2-4-6-19)9-10-21(15)29-25(31)23-16-7-8-17(12-16)24(23)26(29)32/h2-6,9-11,16-18,23-24H,7-8,12-14H2,1H3/t16-,17-,18-,23-,24+/m0/s1. The summed E-state index contributed by atoms with van der Waals surface area (Å²) in [6.45, 7) is 2.09. The van der Waals surface area contributed by atoms with Crippen LogP contribution in [0.25, 0.3) is 0 Å². The molecule has 2 aliphatic heterocycles. The molecular weight excluding hydrogens is 432 g/mol. The zero-order valence-electron chi connectivity index (χ0n) is 19.0. The maximum atomic E-state index is 13.1. The third-order valence-corrected chi connectivity index (χ3v) is 8.08. The van der Waals surface area contributed by atoms with Gasteiger partial charge in [-0.05, 0) is 73.9 Å². The molecule has 2 aliphatic carbocycles. The van der Waals surface area contributed by atoms with Gasteiger partial charge in [0.1, 0.15) is 5.75 Å². The highest BCUT2D eigenvalue weighted by atomic mass is 16.5. The van der Waals surface area contributed by atoms with Crippen molar-refractivity contribution < 1.29 is 23.9 Å². The zero-order valence-corrected chi connectivity index (χ0v) is 19.0. The molecule has 4 fully saturated rings. The second kappa shape index (κ2) is 7.79. The number of hydrogen-bond donors (Lipinski definition) is 0. The lowest BCUT2D eigenvalue weighted by molar-refractivity contribution is -0.139. The fourth-order valence-corrected chi connectivity index (χ4v) is 6.51. The normalized spacial score (nSPS) is 29.8. The van der Waals surface area contributed by atoms with Gasteiger partial charge >= 0.3 is 5.97 Å². The van der Waals surface area contributed by atoms with E-state index in [0.29, 0.717) is 28.8 Å². The summed E-state index contributed by atoms with van der Waals surface area (Å²) in [7, 11) is 0. The van der Waals surface area contributed by atoms with Gasteiger partial charge in [0.25, 0.3) is 0 Å². The van der Waals surface area contributed by atoms with Crippen molar-refractivity contribution in [1.82, 2.24) is 0 Å². The number of aryl methyl sites for hydroxylation is 1. The molecule has 5 atom stereocenters. The number of esters is 1. The van der Waals surface area contributed by atoms with Gasteiger partial charge in [0.2, 0.25) is 17.7 Å². The third-order valence-electron chi connectivity index (χ3n) is 8.08. The summed E-state index contributed by atoms with van der Waals surface area (Å²) in [5, 5.41) is 0. The molecule has 6 rings (SSSR count). The van der Waals surface area contributed by atoms with E-state index in [4.69, 9.17) is 4.74 Å². The van der Waals surface area contributed by atoms with Crippen LogP contribution in [-0.2, 0) is 19.2 Å². The van der Waals surface area contributed by atoms with Crippen LogP contribution in [0.2, 0.25) is 0 Å². The monoisotopic (exact) mass is 458 g/mol. The minimum absolute atomic E-state index is 0.0829. The molecule has 7 nitrogen and oxygen atoms in total. The Morgan fingerprint density at radius 3 is 2.26 bits per heavy atom. The van der Waals surface area contributed by atoms with Crippen molar-refractivity contribution in [3.8, 4) is 5.75 Å². The number of amides is 3. The van der Waals surface area contributed by atoms with Crippen molar-refractivity contribution >= 4 is 35.1 Å². The molecule has 0 N–H and O–H groups in total. The van der Waals surface area contributed by atoms with Crippen LogP contribution in [-0.4, -0.2) is 30.2 Å². The quantitative estimate of drug-likeness (QED) is 0.398. The largest absolute Gasteiger partial charge is 0.426 e. The van der Waals surface area contributed by atoms with E-state index < -0.39 is 11.9 Å². The van der Waals surface area contributed by atoms with E-state index in [1.807, 2.05) is 37.3 Å². The van der Waals surface area contributed by atoms with Crippen molar-refractivity contribution in [2.45, 2.75) is 32.6 Å². The van der Waals surface area contributed by atoms with E-state index in [9.17, 15) is 19.2 Å². The summed E-state index contributed by atoms with van der Waals surface area (Å²) in [5.74, 6) is -0.612. The lowest BCUT2D eigenvalue weighted by atomic mass is 9.81. The third kappa shape index (κ3) is 3.17. The van der Waals surface area contributed by atoms with E-state index in [2.05, 4.69) is 0 Å². The number of hydrogen-bond acceptors (Lipinski definition) is 5. The molecule has 2 aromatic carbocycles. The molecule has 4 aliphatic rings. The zero-order chi connectivity index (χ0) is 23.6. The minimum Gasteiger partial charge on any atom is -0.426 e. The van der Waals surface area contributed by atoms with Crippen molar-refractivity contribution in [1.29, 1.82) is 0 Å². The number of carbonyl (C=O) groups is 4. The minimum atomic E-state index is -0.552. The summed E-state index contributed by atoms with van der Waals surface area (Å²) in [6.07, 6.45) is 3.18. The number of nitrogens with zero attached hydrogens (tertiary/aromatic N) is 2. The Morgan fingerprint density at radius 2 is 1.62 bits per heavy atom. The van der Waals surface area contributed by atoms with Crippen LogP contribution in [0.4, 0.5) is 11.4 Å². The Morgan fingerprint density at radius 1 is 0.941 bits per heavy atom. The predicted molar refractivity (Wildman–Crippen MR) is 124 cm³/mol. The van der Waals surface area contributed by atoms with Gasteiger partial charge in [-0.25, -0.2) is 4.90 Å². The molecule has 7 heteroatoms. The highest BCUT2D eigenvalue weighted by Gasteiger charge is 2.61. The summed E-state index contributed by atoms with van der Waals surface area (Å²) in [5.41, 5.74) is 2.03. The van der Waals surface area contributed by atoms with E-state index in [0.717, 1.165) is 24.9 Å². The van der Waals surface area contributed by atoms with Crippen LogP contribution >= 0.6 is 0 Å². The first-order valence-corrected chi connectivity index (χ1v) is 12.0. The molecule has 3 amide bonds. The Labute approximate surface area is 197 Å². The molecule has 2 bridgehead atoms. The molecule has 2 saturated heterocycles. The van der Waals surface area contributed by atoms with Gasteiger partial charge in [0.15, 0.2) is 0 Å². The van der Waals surface area contributed by atoms with Gasteiger partial charge in [-0.15, -0.1) is 0 Å². The number of anilines is 2. The highest BCUT2D eigenvalue weighted by Crippen LogP contribution is 2.56. The smallest absolute Gasteiger partial charge is 0.316 e. The number of carbonyl (C=O) groups excluding carboxylic acids is 4. The molecule has 0 aromatic heterocycles. The molecule has 2 aromatic rings. The number of imide groups is 1. The van der Waals surface area contributed by atoms with E-state index in [-0.39, 0.29) is 42.5 Å². The van der Waals surface area contributed by atoms with Crippen LogP contribution in [0.1, 0.15) is 31.2 Å². The molecule has 34 heavy (non-hydrogen) atoms.